The van der Waals surface area contributed by atoms with Crippen LogP contribution in [0.4, 0.5) is 5.69 Å². The zero-order chi connectivity index (χ0) is 23.5. The van der Waals surface area contributed by atoms with Crippen LogP contribution in [0.25, 0.3) is 17.0 Å². The summed E-state index contributed by atoms with van der Waals surface area (Å²) in [4.78, 5) is 28.6. The van der Waals surface area contributed by atoms with Crippen molar-refractivity contribution in [3.63, 3.8) is 0 Å². The van der Waals surface area contributed by atoms with Crippen molar-refractivity contribution in [3.8, 4) is 5.75 Å². The molecular weight excluding hydrogens is 438 g/mol. The highest BCUT2D eigenvalue weighted by molar-refractivity contribution is 7.80. The van der Waals surface area contributed by atoms with E-state index in [1.807, 2.05) is 72.3 Å². The van der Waals surface area contributed by atoms with Crippen LogP contribution in [-0.4, -0.2) is 46.7 Å². The minimum atomic E-state index is -0.311. The summed E-state index contributed by atoms with van der Waals surface area (Å²) >= 11 is 5.58. The summed E-state index contributed by atoms with van der Waals surface area (Å²) in [6, 6.07) is 15.0. The molecule has 1 saturated heterocycles. The molecule has 0 bridgehead atoms. The number of thiocarbonyl (C=S) groups is 1. The van der Waals surface area contributed by atoms with Crippen LogP contribution < -0.4 is 9.64 Å². The van der Waals surface area contributed by atoms with Gasteiger partial charge in [0.15, 0.2) is 5.11 Å². The summed E-state index contributed by atoms with van der Waals surface area (Å²) in [5, 5.41) is 1.33. The van der Waals surface area contributed by atoms with Crippen molar-refractivity contribution in [2.75, 3.05) is 25.2 Å². The fourth-order valence-corrected chi connectivity index (χ4v) is 4.14. The second-order valence-corrected chi connectivity index (χ2v) is 7.84. The molecule has 1 aliphatic heterocycles. The maximum absolute atomic E-state index is 13.4. The molecule has 3 aromatic rings. The first-order chi connectivity index (χ1) is 15.9. The van der Waals surface area contributed by atoms with Crippen molar-refractivity contribution >= 4 is 51.9 Å². The quantitative estimate of drug-likeness (QED) is 0.297. The van der Waals surface area contributed by atoms with E-state index in [1.165, 1.54) is 4.90 Å². The Morgan fingerprint density at radius 1 is 1.06 bits per heavy atom. The van der Waals surface area contributed by atoms with Gasteiger partial charge in [0.2, 0.25) is 0 Å². The number of amides is 1. The molecule has 0 saturated carbocycles. The number of hydrogen-bond acceptors (Lipinski definition) is 5. The van der Waals surface area contributed by atoms with E-state index < -0.39 is 0 Å². The number of anilines is 1. The number of esters is 1. The van der Waals surface area contributed by atoms with Crippen molar-refractivity contribution in [2.45, 2.75) is 20.4 Å². The van der Waals surface area contributed by atoms with Gasteiger partial charge in [-0.25, -0.2) is 0 Å². The molecule has 0 spiro atoms. The third-order valence-electron chi connectivity index (χ3n) is 5.38. The summed E-state index contributed by atoms with van der Waals surface area (Å²) in [5.74, 6) is 0.209. The predicted octanol–water partition coefficient (Wildman–Crippen LogP) is 4.21. The molecule has 0 atom stereocenters. The number of fused-ring (bicyclic) bond motifs is 1. The molecule has 0 aliphatic carbocycles. The van der Waals surface area contributed by atoms with E-state index in [-0.39, 0.29) is 18.4 Å². The van der Waals surface area contributed by atoms with Gasteiger partial charge >= 0.3 is 5.97 Å². The Balaban J connectivity index is 1.69. The lowest BCUT2D eigenvalue weighted by Gasteiger charge is -2.16. The van der Waals surface area contributed by atoms with Crippen molar-refractivity contribution in [1.29, 1.82) is 0 Å². The number of benzene rings is 2. The Bertz CT molecular complexity index is 1250. The summed E-state index contributed by atoms with van der Waals surface area (Å²) in [5.41, 5.74) is 2.83. The van der Waals surface area contributed by atoms with Gasteiger partial charge in [0.1, 0.15) is 18.0 Å². The second kappa shape index (κ2) is 9.46. The third-order valence-corrected chi connectivity index (χ3v) is 5.84. The molecule has 8 heteroatoms. The topological polar surface area (TPSA) is 64.0 Å². The number of aromatic nitrogens is 1. The Morgan fingerprint density at radius 3 is 2.48 bits per heavy atom. The molecule has 0 unspecified atom stereocenters. The van der Waals surface area contributed by atoms with Crippen LogP contribution in [0.15, 0.2) is 60.4 Å². The summed E-state index contributed by atoms with van der Waals surface area (Å²) < 4.78 is 12.4. The number of para-hydroxylation sites is 1. The van der Waals surface area contributed by atoms with Crippen LogP contribution in [0.5, 0.6) is 5.75 Å². The van der Waals surface area contributed by atoms with E-state index in [9.17, 15) is 9.59 Å². The molecule has 4 rings (SSSR count). The van der Waals surface area contributed by atoms with Crippen molar-refractivity contribution < 1.29 is 19.1 Å². The molecule has 170 valence electrons. The first-order valence-corrected chi connectivity index (χ1v) is 11.2. The Kier molecular flexibility index (Phi) is 6.46. The molecule has 1 aliphatic rings. The van der Waals surface area contributed by atoms with Crippen LogP contribution in [0.2, 0.25) is 0 Å². The Morgan fingerprint density at radius 2 is 1.79 bits per heavy atom. The summed E-state index contributed by atoms with van der Waals surface area (Å²) in [6.45, 7) is 4.69. The SMILES string of the molecule is CCOC(=O)Cn1cc(/C=C2/C(=O)N(c3ccc(OCC)cc3)C(=S)N2C)c2ccccc21. The van der Waals surface area contributed by atoms with E-state index >= 15 is 0 Å². The van der Waals surface area contributed by atoms with Gasteiger partial charge < -0.3 is 18.9 Å². The lowest BCUT2D eigenvalue weighted by Crippen LogP contribution is -2.31. The number of ether oxygens (including phenoxy) is 2. The third kappa shape index (κ3) is 4.34. The highest BCUT2D eigenvalue weighted by atomic mass is 32.1. The predicted molar refractivity (Wildman–Crippen MR) is 132 cm³/mol. The van der Waals surface area contributed by atoms with E-state index in [4.69, 9.17) is 21.7 Å². The number of likely N-dealkylation sites (N-methyl/N-ethyl adjacent to an activating group) is 1. The molecule has 1 amide bonds. The van der Waals surface area contributed by atoms with Crippen LogP contribution >= 0.6 is 12.2 Å². The Labute approximate surface area is 197 Å². The van der Waals surface area contributed by atoms with E-state index in [0.717, 1.165) is 22.2 Å². The van der Waals surface area contributed by atoms with Gasteiger partial charge in [-0.3, -0.25) is 14.5 Å². The zero-order valence-electron chi connectivity index (χ0n) is 18.8. The van der Waals surface area contributed by atoms with Crippen LogP contribution in [-0.2, 0) is 20.9 Å². The fourth-order valence-electron chi connectivity index (χ4n) is 3.86. The van der Waals surface area contributed by atoms with E-state index in [2.05, 4.69) is 0 Å². The lowest BCUT2D eigenvalue weighted by molar-refractivity contribution is -0.143. The lowest BCUT2D eigenvalue weighted by atomic mass is 10.1. The first kappa shape index (κ1) is 22.5. The van der Waals surface area contributed by atoms with E-state index in [0.29, 0.717) is 29.7 Å². The number of hydrogen-bond donors (Lipinski definition) is 0. The molecule has 2 heterocycles. The minimum Gasteiger partial charge on any atom is -0.494 e. The number of carbonyl (C=O) groups is 2. The maximum Gasteiger partial charge on any atom is 0.325 e. The Hall–Kier alpha value is -3.65. The normalized spacial score (nSPS) is 15.1. The van der Waals surface area contributed by atoms with Gasteiger partial charge in [-0.05, 0) is 62.5 Å². The molecule has 33 heavy (non-hydrogen) atoms. The van der Waals surface area contributed by atoms with Crippen molar-refractivity contribution in [2.24, 2.45) is 0 Å². The molecule has 1 aromatic heterocycles. The fraction of sp³-hybridized carbons (Fsp3) is 0.240. The van der Waals surface area contributed by atoms with Crippen molar-refractivity contribution in [1.82, 2.24) is 9.47 Å². The molecule has 0 N–H and O–H groups in total. The number of nitrogens with zero attached hydrogens (tertiary/aromatic N) is 3. The van der Waals surface area contributed by atoms with Gasteiger partial charge in [0.05, 0.1) is 18.9 Å². The van der Waals surface area contributed by atoms with Crippen LogP contribution in [0.3, 0.4) is 0 Å². The monoisotopic (exact) mass is 463 g/mol. The van der Waals surface area contributed by atoms with E-state index in [1.54, 1.807) is 18.9 Å². The average molecular weight is 464 g/mol. The highest BCUT2D eigenvalue weighted by Gasteiger charge is 2.37. The molecule has 0 radical (unpaired) electrons. The molecule has 7 nitrogen and oxygen atoms in total. The number of carbonyl (C=O) groups excluding carboxylic acids is 2. The van der Waals surface area contributed by atoms with Gasteiger partial charge in [-0.1, -0.05) is 18.2 Å². The standard InChI is InChI=1S/C25H25N3O4S/c1-4-31-19-12-10-18(11-13-19)28-24(30)22(26(3)25(28)33)14-17-15-27(16-23(29)32-5-2)21-9-7-6-8-20(17)21/h6-15H,4-5,16H2,1-3H3/b22-14-. The highest BCUT2D eigenvalue weighted by Crippen LogP contribution is 2.31. The smallest absolute Gasteiger partial charge is 0.325 e. The average Bonchev–Trinajstić information content (AvgIpc) is 3.25. The van der Waals surface area contributed by atoms with Gasteiger partial charge in [-0.15, -0.1) is 0 Å². The van der Waals surface area contributed by atoms with Crippen molar-refractivity contribution in [3.05, 3.63) is 66.0 Å². The van der Waals surface area contributed by atoms with Crippen LogP contribution in [0.1, 0.15) is 19.4 Å². The van der Waals surface area contributed by atoms with Gasteiger partial charge in [0, 0.05) is 29.7 Å². The summed E-state index contributed by atoms with van der Waals surface area (Å²) in [6.07, 6.45) is 3.67. The second-order valence-electron chi connectivity index (χ2n) is 7.47. The first-order valence-electron chi connectivity index (χ1n) is 10.7. The number of rotatable bonds is 7. The van der Waals surface area contributed by atoms with Gasteiger partial charge in [-0.2, -0.15) is 0 Å². The zero-order valence-corrected chi connectivity index (χ0v) is 19.6. The van der Waals surface area contributed by atoms with Crippen LogP contribution in [0, 0.1) is 0 Å². The van der Waals surface area contributed by atoms with Gasteiger partial charge in [0.25, 0.3) is 5.91 Å². The largest absolute Gasteiger partial charge is 0.494 e. The molecule has 2 aromatic carbocycles. The molecular formula is C25H25N3O4S. The summed E-state index contributed by atoms with van der Waals surface area (Å²) in [7, 11) is 1.78. The molecule has 1 fully saturated rings. The minimum absolute atomic E-state index is 0.0953. The maximum atomic E-state index is 13.4.